The maximum atomic E-state index is 12.2. The summed E-state index contributed by atoms with van der Waals surface area (Å²) in [5.41, 5.74) is 2.83. The molecule has 1 N–H and O–H groups in total. The lowest BCUT2D eigenvalue weighted by Crippen LogP contribution is -2.20. The molecule has 0 heterocycles. The SMILES string of the molecule is O=C(COC(=O)/C=C/c1ccccc1[N+](=O)[O-])Nc1ccccc1Cc1ccccc1. The normalized spacial score (nSPS) is 10.6. The van der Waals surface area contributed by atoms with Gasteiger partial charge in [0.1, 0.15) is 0 Å². The van der Waals surface area contributed by atoms with E-state index in [1.165, 1.54) is 24.3 Å². The molecule has 31 heavy (non-hydrogen) atoms. The molecule has 1 amide bonds. The monoisotopic (exact) mass is 416 g/mol. The average Bonchev–Trinajstić information content (AvgIpc) is 2.78. The maximum Gasteiger partial charge on any atom is 0.331 e. The molecule has 0 saturated carbocycles. The molecule has 7 heteroatoms. The lowest BCUT2D eigenvalue weighted by Gasteiger charge is -2.11. The molecule has 0 radical (unpaired) electrons. The molecule has 0 aliphatic carbocycles. The number of rotatable bonds is 8. The van der Waals surface area contributed by atoms with E-state index in [-0.39, 0.29) is 11.3 Å². The molecule has 7 nitrogen and oxygen atoms in total. The number of hydrogen-bond acceptors (Lipinski definition) is 5. The Morgan fingerprint density at radius 2 is 1.61 bits per heavy atom. The molecule has 0 unspecified atom stereocenters. The van der Waals surface area contributed by atoms with Crippen molar-refractivity contribution in [1.82, 2.24) is 0 Å². The van der Waals surface area contributed by atoms with Gasteiger partial charge in [-0.1, -0.05) is 60.7 Å². The number of nitro groups is 1. The van der Waals surface area contributed by atoms with E-state index < -0.39 is 23.4 Å². The number of esters is 1. The molecule has 0 aliphatic heterocycles. The Balaban J connectivity index is 1.56. The van der Waals surface area contributed by atoms with Gasteiger partial charge in [-0.3, -0.25) is 14.9 Å². The van der Waals surface area contributed by atoms with Gasteiger partial charge in [-0.2, -0.15) is 0 Å². The van der Waals surface area contributed by atoms with Gasteiger partial charge in [0.15, 0.2) is 6.61 Å². The van der Waals surface area contributed by atoms with Crippen molar-refractivity contribution in [3.05, 3.63) is 112 Å². The molecule has 3 rings (SSSR count). The minimum atomic E-state index is -0.772. The number of nitrogens with one attached hydrogen (secondary N) is 1. The van der Waals surface area contributed by atoms with Crippen molar-refractivity contribution in [3.63, 3.8) is 0 Å². The van der Waals surface area contributed by atoms with E-state index in [4.69, 9.17) is 4.74 Å². The van der Waals surface area contributed by atoms with E-state index in [2.05, 4.69) is 5.32 Å². The van der Waals surface area contributed by atoms with E-state index >= 15 is 0 Å². The van der Waals surface area contributed by atoms with Gasteiger partial charge in [0.2, 0.25) is 0 Å². The van der Waals surface area contributed by atoms with E-state index in [0.717, 1.165) is 17.2 Å². The summed E-state index contributed by atoms with van der Waals surface area (Å²) in [6, 6.07) is 23.3. The molecule has 3 aromatic carbocycles. The summed E-state index contributed by atoms with van der Waals surface area (Å²) in [6.07, 6.45) is 2.99. The fraction of sp³-hybridized carbons (Fsp3) is 0.0833. The van der Waals surface area contributed by atoms with Crippen LogP contribution in [-0.4, -0.2) is 23.4 Å². The predicted molar refractivity (Wildman–Crippen MR) is 117 cm³/mol. The highest BCUT2D eigenvalue weighted by Crippen LogP contribution is 2.20. The average molecular weight is 416 g/mol. The molecule has 0 fully saturated rings. The quantitative estimate of drug-likeness (QED) is 0.254. The second kappa shape index (κ2) is 10.5. The molecule has 0 spiro atoms. The van der Waals surface area contributed by atoms with Crippen LogP contribution in [0.3, 0.4) is 0 Å². The van der Waals surface area contributed by atoms with Crippen molar-refractivity contribution in [2.45, 2.75) is 6.42 Å². The van der Waals surface area contributed by atoms with Crippen LogP contribution in [-0.2, 0) is 20.7 Å². The van der Waals surface area contributed by atoms with Gasteiger partial charge in [-0.15, -0.1) is 0 Å². The molecule has 0 aliphatic rings. The van der Waals surface area contributed by atoms with Crippen molar-refractivity contribution in [2.24, 2.45) is 0 Å². The summed E-state index contributed by atoms with van der Waals surface area (Å²) < 4.78 is 4.95. The van der Waals surface area contributed by atoms with Crippen LogP contribution in [0.15, 0.2) is 84.9 Å². The zero-order chi connectivity index (χ0) is 22.1. The summed E-state index contributed by atoms with van der Waals surface area (Å²) in [5, 5.41) is 13.8. The second-order valence-corrected chi connectivity index (χ2v) is 6.62. The maximum absolute atomic E-state index is 12.2. The first-order valence-electron chi connectivity index (χ1n) is 9.53. The van der Waals surface area contributed by atoms with E-state index in [9.17, 15) is 19.7 Å². The molecule has 3 aromatic rings. The molecular formula is C24H20N2O5. The van der Waals surface area contributed by atoms with Crippen molar-refractivity contribution in [1.29, 1.82) is 0 Å². The highest BCUT2D eigenvalue weighted by molar-refractivity contribution is 5.95. The van der Waals surface area contributed by atoms with Crippen LogP contribution in [0.2, 0.25) is 0 Å². The highest BCUT2D eigenvalue weighted by Gasteiger charge is 2.11. The number of carbonyl (C=O) groups is 2. The molecule has 0 aromatic heterocycles. The first kappa shape index (κ1) is 21.4. The number of para-hydroxylation sites is 2. The zero-order valence-electron chi connectivity index (χ0n) is 16.6. The lowest BCUT2D eigenvalue weighted by atomic mass is 10.0. The van der Waals surface area contributed by atoms with Gasteiger partial charge in [0.25, 0.3) is 11.6 Å². The Morgan fingerprint density at radius 3 is 2.39 bits per heavy atom. The number of nitrogens with zero attached hydrogens (tertiary/aromatic N) is 1. The summed E-state index contributed by atoms with van der Waals surface area (Å²) in [7, 11) is 0. The number of nitro benzene ring substituents is 1. The molecule has 0 bridgehead atoms. The Hall–Kier alpha value is -4.26. The van der Waals surface area contributed by atoms with Crippen LogP contribution < -0.4 is 5.32 Å². The van der Waals surface area contributed by atoms with E-state index in [1.54, 1.807) is 12.1 Å². The minimum absolute atomic E-state index is 0.126. The van der Waals surface area contributed by atoms with E-state index in [0.29, 0.717) is 12.1 Å². The number of benzene rings is 3. The van der Waals surface area contributed by atoms with Crippen LogP contribution in [0.5, 0.6) is 0 Å². The van der Waals surface area contributed by atoms with Crippen molar-refractivity contribution < 1.29 is 19.2 Å². The predicted octanol–water partition coefficient (Wildman–Crippen LogP) is 4.38. The van der Waals surface area contributed by atoms with Gasteiger partial charge in [-0.05, 0) is 35.8 Å². The van der Waals surface area contributed by atoms with Gasteiger partial charge < -0.3 is 10.1 Å². The lowest BCUT2D eigenvalue weighted by molar-refractivity contribution is -0.385. The number of carbonyl (C=O) groups excluding carboxylic acids is 2. The first-order chi connectivity index (χ1) is 15.0. The fourth-order valence-electron chi connectivity index (χ4n) is 2.94. The number of amides is 1. The Bertz CT molecular complexity index is 1110. The Kier molecular flexibility index (Phi) is 7.26. The summed E-state index contributed by atoms with van der Waals surface area (Å²) in [6.45, 7) is -0.472. The van der Waals surface area contributed by atoms with Gasteiger partial charge >= 0.3 is 5.97 Å². The Morgan fingerprint density at radius 1 is 0.935 bits per heavy atom. The van der Waals surface area contributed by atoms with Gasteiger partial charge in [0.05, 0.1) is 10.5 Å². The fourth-order valence-corrected chi connectivity index (χ4v) is 2.94. The van der Waals surface area contributed by atoms with Crippen LogP contribution in [0, 0.1) is 10.1 Å². The standard InChI is InChI=1S/C24H20N2O5/c27-23(17-31-24(28)15-14-19-10-5-7-13-22(19)26(29)30)25-21-12-6-4-11-20(21)16-18-8-2-1-3-9-18/h1-15H,16-17H2,(H,25,27)/b15-14+. The highest BCUT2D eigenvalue weighted by atomic mass is 16.6. The summed E-state index contributed by atoms with van der Waals surface area (Å²) in [4.78, 5) is 34.6. The van der Waals surface area contributed by atoms with Gasteiger partial charge in [-0.25, -0.2) is 4.79 Å². The molecule has 0 saturated heterocycles. The van der Waals surface area contributed by atoms with Crippen LogP contribution in [0.4, 0.5) is 11.4 Å². The van der Waals surface area contributed by atoms with Crippen molar-refractivity contribution in [3.8, 4) is 0 Å². The van der Waals surface area contributed by atoms with Crippen LogP contribution in [0.25, 0.3) is 6.08 Å². The topological polar surface area (TPSA) is 98.5 Å². The smallest absolute Gasteiger partial charge is 0.331 e. The number of hydrogen-bond donors (Lipinski definition) is 1. The summed E-state index contributed by atoms with van der Waals surface area (Å²) in [5.74, 6) is -1.25. The van der Waals surface area contributed by atoms with Crippen LogP contribution >= 0.6 is 0 Å². The van der Waals surface area contributed by atoms with Crippen molar-refractivity contribution >= 4 is 29.3 Å². The van der Waals surface area contributed by atoms with Crippen molar-refractivity contribution in [2.75, 3.05) is 11.9 Å². The number of ether oxygens (including phenoxy) is 1. The first-order valence-corrected chi connectivity index (χ1v) is 9.53. The zero-order valence-corrected chi connectivity index (χ0v) is 16.6. The Labute approximate surface area is 179 Å². The second-order valence-electron chi connectivity index (χ2n) is 6.62. The van der Waals surface area contributed by atoms with Crippen LogP contribution in [0.1, 0.15) is 16.7 Å². The molecule has 156 valence electrons. The summed E-state index contributed by atoms with van der Waals surface area (Å²) >= 11 is 0. The van der Waals surface area contributed by atoms with E-state index in [1.807, 2.05) is 48.5 Å². The third kappa shape index (κ3) is 6.37. The minimum Gasteiger partial charge on any atom is -0.452 e. The largest absolute Gasteiger partial charge is 0.452 e. The third-order valence-electron chi connectivity index (χ3n) is 4.41. The molecular weight excluding hydrogens is 396 g/mol. The third-order valence-corrected chi connectivity index (χ3v) is 4.41. The number of anilines is 1. The molecule has 0 atom stereocenters. The van der Waals surface area contributed by atoms with Gasteiger partial charge in [0, 0.05) is 17.8 Å².